The molecule has 0 saturated heterocycles. The minimum absolute atomic E-state index is 0.0807. The van der Waals surface area contributed by atoms with Crippen LogP contribution in [0.1, 0.15) is 24.2 Å². The minimum Gasteiger partial charge on any atom is -0.326 e. The van der Waals surface area contributed by atoms with Crippen LogP contribution < -0.4 is 10.9 Å². The van der Waals surface area contributed by atoms with Gasteiger partial charge in [0, 0.05) is 30.9 Å². The molecule has 0 fully saturated rings. The van der Waals surface area contributed by atoms with Gasteiger partial charge in [0.15, 0.2) is 0 Å². The summed E-state index contributed by atoms with van der Waals surface area (Å²) in [5.74, 6) is 0.0881. The number of anilines is 1. The molecule has 0 radical (unpaired) electrons. The molecule has 4 aromatic rings. The number of amides is 1. The van der Waals surface area contributed by atoms with Gasteiger partial charge in [-0.1, -0.05) is 18.2 Å². The maximum absolute atomic E-state index is 13.5. The number of carbonyl (C=O) groups excluding carboxylic acids is 1. The maximum atomic E-state index is 13.5. The van der Waals surface area contributed by atoms with Crippen molar-refractivity contribution in [3.8, 4) is 5.69 Å². The van der Waals surface area contributed by atoms with Gasteiger partial charge in [-0.2, -0.15) is 0 Å². The predicted molar refractivity (Wildman–Crippen MR) is 111 cm³/mol. The number of rotatable bonds is 6. The molecule has 1 N–H and O–H groups in total. The standard InChI is InChI=1S/C22H20FN5O2/c1-15-5-2-7-17(13-15)24-20(29)10-4-9-19-25-26-21-22(30)27(11-12-28(19)21)18-8-3-6-16(23)14-18/h2-3,5-8,11-14H,4,9-10H2,1H3,(H,24,29). The van der Waals surface area contributed by atoms with Gasteiger partial charge in [0.05, 0.1) is 5.69 Å². The summed E-state index contributed by atoms with van der Waals surface area (Å²) in [5.41, 5.74) is 2.03. The summed E-state index contributed by atoms with van der Waals surface area (Å²) in [5, 5.41) is 11.0. The zero-order valence-electron chi connectivity index (χ0n) is 16.4. The summed E-state index contributed by atoms with van der Waals surface area (Å²) in [6.45, 7) is 1.97. The first-order valence-corrected chi connectivity index (χ1v) is 9.59. The topological polar surface area (TPSA) is 81.3 Å². The number of halogens is 1. The van der Waals surface area contributed by atoms with E-state index in [2.05, 4.69) is 15.5 Å². The third-order valence-corrected chi connectivity index (χ3v) is 4.73. The molecule has 0 aliphatic heterocycles. The van der Waals surface area contributed by atoms with E-state index in [1.54, 1.807) is 28.9 Å². The number of benzene rings is 2. The summed E-state index contributed by atoms with van der Waals surface area (Å²) in [6, 6.07) is 13.4. The molecule has 30 heavy (non-hydrogen) atoms. The van der Waals surface area contributed by atoms with E-state index < -0.39 is 5.82 Å². The molecule has 2 aromatic carbocycles. The van der Waals surface area contributed by atoms with Crippen LogP contribution in [0.3, 0.4) is 0 Å². The first-order valence-electron chi connectivity index (χ1n) is 9.59. The van der Waals surface area contributed by atoms with Crippen LogP contribution in [0.4, 0.5) is 10.1 Å². The Bertz CT molecular complexity index is 1280. The molecule has 152 valence electrons. The zero-order chi connectivity index (χ0) is 21.1. The Balaban J connectivity index is 1.45. The molecule has 7 nitrogen and oxygen atoms in total. The first kappa shape index (κ1) is 19.5. The zero-order valence-corrected chi connectivity index (χ0v) is 16.4. The normalized spacial score (nSPS) is 11.0. The fourth-order valence-corrected chi connectivity index (χ4v) is 3.29. The van der Waals surface area contributed by atoms with Crippen molar-refractivity contribution in [3.63, 3.8) is 0 Å². The van der Waals surface area contributed by atoms with Crippen LogP contribution in [0, 0.1) is 12.7 Å². The molecular formula is C22H20FN5O2. The number of nitrogens with one attached hydrogen (secondary N) is 1. The van der Waals surface area contributed by atoms with Gasteiger partial charge in [-0.25, -0.2) is 4.39 Å². The minimum atomic E-state index is -0.426. The number of carbonyl (C=O) groups is 1. The van der Waals surface area contributed by atoms with Crippen molar-refractivity contribution in [1.29, 1.82) is 0 Å². The van der Waals surface area contributed by atoms with Gasteiger partial charge >= 0.3 is 5.56 Å². The highest BCUT2D eigenvalue weighted by Crippen LogP contribution is 2.12. The summed E-state index contributed by atoms with van der Waals surface area (Å²) in [4.78, 5) is 24.9. The monoisotopic (exact) mass is 405 g/mol. The highest BCUT2D eigenvalue weighted by Gasteiger charge is 2.12. The molecule has 0 spiro atoms. The number of hydrogen-bond acceptors (Lipinski definition) is 4. The Kier molecular flexibility index (Phi) is 5.38. The van der Waals surface area contributed by atoms with E-state index in [0.29, 0.717) is 30.8 Å². The van der Waals surface area contributed by atoms with Gasteiger partial charge in [-0.3, -0.25) is 18.6 Å². The molecule has 1 amide bonds. The summed E-state index contributed by atoms with van der Waals surface area (Å²) in [7, 11) is 0. The molecule has 0 aliphatic rings. The molecule has 8 heteroatoms. The fraction of sp³-hybridized carbons (Fsp3) is 0.182. The second kappa shape index (κ2) is 8.28. The van der Waals surface area contributed by atoms with Gasteiger partial charge in [0.2, 0.25) is 11.6 Å². The van der Waals surface area contributed by atoms with E-state index in [1.807, 2.05) is 31.2 Å². The maximum Gasteiger partial charge on any atom is 0.300 e. The van der Waals surface area contributed by atoms with Crippen molar-refractivity contribution in [2.24, 2.45) is 0 Å². The molecule has 0 atom stereocenters. The smallest absolute Gasteiger partial charge is 0.300 e. The van der Waals surface area contributed by atoms with Crippen LogP contribution in [0.25, 0.3) is 11.3 Å². The van der Waals surface area contributed by atoms with E-state index in [9.17, 15) is 14.0 Å². The lowest BCUT2D eigenvalue weighted by molar-refractivity contribution is -0.116. The van der Waals surface area contributed by atoms with Crippen LogP contribution in [0.5, 0.6) is 0 Å². The second-order valence-electron chi connectivity index (χ2n) is 7.03. The number of nitrogens with zero attached hydrogens (tertiary/aromatic N) is 4. The van der Waals surface area contributed by atoms with Crippen LogP contribution in [0.2, 0.25) is 0 Å². The molecule has 0 bridgehead atoms. The molecular weight excluding hydrogens is 385 g/mol. The van der Waals surface area contributed by atoms with E-state index in [4.69, 9.17) is 0 Å². The number of aromatic nitrogens is 4. The Labute approximate surface area is 171 Å². The Morgan fingerprint density at radius 3 is 2.73 bits per heavy atom. The van der Waals surface area contributed by atoms with Crippen molar-refractivity contribution in [1.82, 2.24) is 19.2 Å². The lowest BCUT2D eigenvalue weighted by atomic mass is 10.2. The first-order chi connectivity index (χ1) is 14.5. The average Bonchev–Trinajstić information content (AvgIpc) is 3.12. The highest BCUT2D eigenvalue weighted by molar-refractivity contribution is 5.90. The number of aryl methyl sites for hydroxylation is 2. The van der Waals surface area contributed by atoms with E-state index in [-0.39, 0.29) is 17.1 Å². The van der Waals surface area contributed by atoms with Crippen molar-refractivity contribution in [2.75, 3.05) is 5.32 Å². The van der Waals surface area contributed by atoms with E-state index in [0.717, 1.165) is 11.3 Å². The molecule has 4 rings (SSSR count). The molecule has 2 aromatic heterocycles. The Morgan fingerprint density at radius 1 is 1.10 bits per heavy atom. The molecule has 2 heterocycles. The number of fused-ring (bicyclic) bond motifs is 1. The van der Waals surface area contributed by atoms with Crippen LogP contribution in [0.15, 0.2) is 65.7 Å². The molecule has 0 unspecified atom stereocenters. The lowest BCUT2D eigenvalue weighted by Crippen LogP contribution is -2.20. The van der Waals surface area contributed by atoms with Crippen molar-refractivity contribution in [3.05, 3.63) is 88.5 Å². The van der Waals surface area contributed by atoms with Crippen LogP contribution in [-0.2, 0) is 11.2 Å². The third kappa shape index (κ3) is 4.12. The predicted octanol–water partition coefficient (Wildman–Crippen LogP) is 3.29. The second-order valence-corrected chi connectivity index (χ2v) is 7.03. The van der Waals surface area contributed by atoms with Crippen LogP contribution in [-0.4, -0.2) is 25.1 Å². The van der Waals surface area contributed by atoms with E-state index in [1.165, 1.54) is 16.7 Å². The quantitative estimate of drug-likeness (QED) is 0.534. The van der Waals surface area contributed by atoms with Gasteiger partial charge < -0.3 is 5.32 Å². The Hall–Kier alpha value is -3.81. The van der Waals surface area contributed by atoms with Gasteiger partial charge in [0.25, 0.3) is 0 Å². The van der Waals surface area contributed by atoms with E-state index >= 15 is 0 Å². The summed E-state index contributed by atoms with van der Waals surface area (Å²) < 4.78 is 16.4. The van der Waals surface area contributed by atoms with Crippen LogP contribution >= 0.6 is 0 Å². The number of hydrogen-bond donors (Lipinski definition) is 1. The SMILES string of the molecule is Cc1cccc(NC(=O)CCCc2nnc3c(=O)n(-c4cccc(F)c4)ccn23)c1. The molecule has 0 aliphatic carbocycles. The molecule has 0 saturated carbocycles. The van der Waals surface area contributed by atoms with Crippen molar-refractivity contribution < 1.29 is 9.18 Å². The largest absolute Gasteiger partial charge is 0.326 e. The Morgan fingerprint density at radius 2 is 1.93 bits per heavy atom. The highest BCUT2D eigenvalue weighted by atomic mass is 19.1. The van der Waals surface area contributed by atoms with Gasteiger partial charge in [-0.05, 0) is 49.2 Å². The average molecular weight is 405 g/mol. The van der Waals surface area contributed by atoms with Crippen molar-refractivity contribution >= 4 is 17.2 Å². The lowest BCUT2D eigenvalue weighted by Gasteiger charge is -2.07. The fourth-order valence-electron chi connectivity index (χ4n) is 3.29. The summed E-state index contributed by atoms with van der Waals surface area (Å²) in [6.07, 6.45) is 4.60. The van der Waals surface area contributed by atoms with Crippen molar-refractivity contribution in [2.45, 2.75) is 26.2 Å². The van der Waals surface area contributed by atoms with Gasteiger partial charge in [0.1, 0.15) is 11.6 Å². The summed E-state index contributed by atoms with van der Waals surface area (Å²) >= 11 is 0. The van der Waals surface area contributed by atoms with Gasteiger partial charge in [-0.15, -0.1) is 10.2 Å². The third-order valence-electron chi connectivity index (χ3n) is 4.73.